The third-order valence-electron chi connectivity index (χ3n) is 4.65. The lowest BCUT2D eigenvalue weighted by Crippen LogP contribution is -2.53. The Balaban J connectivity index is 1.70. The Labute approximate surface area is 134 Å². The second-order valence-corrected chi connectivity index (χ2v) is 6.94. The summed E-state index contributed by atoms with van der Waals surface area (Å²) in [7, 11) is 1.82. The van der Waals surface area contributed by atoms with Gasteiger partial charge in [0.1, 0.15) is 5.01 Å². The zero-order chi connectivity index (χ0) is 15.7. The topological polar surface area (TPSA) is 65.5 Å². The van der Waals surface area contributed by atoms with Crippen LogP contribution in [0.3, 0.4) is 0 Å². The highest BCUT2D eigenvalue weighted by Gasteiger charge is 2.45. The first kappa shape index (κ1) is 15.3. The van der Waals surface area contributed by atoms with Crippen molar-refractivity contribution in [2.24, 2.45) is 5.92 Å². The number of carbonyl (C=O) groups excluding carboxylic acids is 2. The second kappa shape index (κ2) is 6.24. The molecule has 0 aliphatic carbocycles. The number of urea groups is 1. The number of hydrogen-bond acceptors (Lipinski definition) is 4. The van der Waals surface area contributed by atoms with Gasteiger partial charge in [0.2, 0.25) is 5.91 Å². The number of carbonyl (C=O) groups is 2. The summed E-state index contributed by atoms with van der Waals surface area (Å²) in [6, 6.07) is -0.109. The molecule has 7 heteroatoms. The van der Waals surface area contributed by atoms with Crippen molar-refractivity contribution < 1.29 is 9.59 Å². The summed E-state index contributed by atoms with van der Waals surface area (Å²) in [5.41, 5.74) is 0. The summed E-state index contributed by atoms with van der Waals surface area (Å²) < 4.78 is 0. The molecule has 0 spiro atoms. The molecule has 2 aliphatic rings. The van der Waals surface area contributed by atoms with E-state index in [2.05, 4.69) is 10.3 Å². The number of likely N-dealkylation sites (N-methyl/N-ethyl adjacent to an activating group) is 1. The van der Waals surface area contributed by atoms with Gasteiger partial charge < -0.3 is 15.1 Å². The van der Waals surface area contributed by atoms with E-state index >= 15 is 0 Å². The fourth-order valence-electron chi connectivity index (χ4n) is 3.45. The number of nitrogens with zero attached hydrogens (tertiary/aromatic N) is 3. The third-order valence-corrected chi connectivity index (χ3v) is 5.54. The van der Waals surface area contributed by atoms with Gasteiger partial charge >= 0.3 is 6.03 Å². The number of fused-ring (bicyclic) bond motifs is 1. The Bertz CT molecular complexity index is 548. The van der Waals surface area contributed by atoms with E-state index in [0.29, 0.717) is 6.54 Å². The summed E-state index contributed by atoms with van der Waals surface area (Å²) in [4.78, 5) is 32.7. The molecule has 3 amide bonds. The van der Waals surface area contributed by atoms with Crippen LogP contribution >= 0.6 is 11.3 Å². The highest BCUT2D eigenvalue weighted by atomic mass is 32.1. The zero-order valence-electron chi connectivity index (χ0n) is 13.0. The van der Waals surface area contributed by atoms with Crippen molar-refractivity contribution in [1.82, 2.24) is 20.1 Å². The van der Waals surface area contributed by atoms with Gasteiger partial charge in [-0.15, -0.1) is 11.3 Å². The third kappa shape index (κ3) is 2.69. The molecule has 0 bridgehead atoms. The predicted molar refractivity (Wildman–Crippen MR) is 84.5 cm³/mol. The highest BCUT2D eigenvalue weighted by Crippen LogP contribution is 2.31. The van der Waals surface area contributed by atoms with Crippen LogP contribution in [0.5, 0.6) is 0 Å². The summed E-state index contributed by atoms with van der Waals surface area (Å²) in [5.74, 6) is 0.152. The van der Waals surface area contributed by atoms with E-state index in [1.807, 2.05) is 24.3 Å². The van der Waals surface area contributed by atoms with Gasteiger partial charge in [-0.3, -0.25) is 4.79 Å². The fraction of sp³-hybridized carbons (Fsp3) is 0.667. The maximum atomic E-state index is 12.7. The Morgan fingerprint density at radius 2 is 2.41 bits per heavy atom. The molecule has 3 rings (SSSR count). The highest BCUT2D eigenvalue weighted by molar-refractivity contribution is 7.09. The van der Waals surface area contributed by atoms with Crippen LogP contribution in [-0.2, 0) is 4.79 Å². The summed E-state index contributed by atoms with van der Waals surface area (Å²) in [6.45, 7) is 3.41. The van der Waals surface area contributed by atoms with E-state index in [9.17, 15) is 9.59 Å². The van der Waals surface area contributed by atoms with E-state index in [1.165, 1.54) is 0 Å². The smallest absolute Gasteiger partial charge is 0.318 e. The molecular formula is C15H22N4O2S. The van der Waals surface area contributed by atoms with Crippen LogP contribution in [0.15, 0.2) is 11.6 Å². The molecule has 1 unspecified atom stereocenters. The van der Waals surface area contributed by atoms with Gasteiger partial charge in [0, 0.05) is 31.7 Å². The Morgan fingerprint density at radius 3 is 3.09 bits per heavy atom. The number of thiazole rings is 1. The van der Waals surface area contributed by atoms with E-state index in [-0.39, 0.29) is 29.9 Å². The van der Waals surface area contributed by atoms with Crippen molar-refractivity contribution in [2.75, 3.05) is 20.1 Å². The van der Waals surface area contributed by atoms with Crippen molar-refractivity contribution in [1.29, 1.82) is 0 Å². The van der Waals surface area contributed by atoms with Crippen molar-refractivity contribution in [3.63, 3.8) is 0 Å². The van der Waals surface area contributed by atoms with Gasteiger partial charge in [-0.2, -0.15) is 0 Å². The van der Waals surface area contributed by atoms with E-state index in [0.717, 1.165) is 30.8 Å². The molecule has 1 aromatic heterocycles. The van der Waals surface area contributed by atoms with Gasteiger partial charge in [-0.05, 0) is 19.3 Å². The van der Waals surface area contributed by atoms with Crippen molar-refractivity contribution in [3.8, 4) is 0 Å². The SMILES string of the molecule is CCC(NC(=O)N1CCC[C@H]2C(=O)N(C)C[C@H]21)c1nccs1. The maximum Gasteiger partial charge on any atom is 0.318 e. The van der Waals surface area contributed by atoms with Crippen LogP contribution in [0, 0.1) is 5.92 Å². The molecule has 6 nitrogen and oxygen atoms in total. The zero-order valence-corrected chi connectivity index (χ0v) is 13.8. The molecular weight excluding hydrogens is 300 g/mol. The van der Waals surface area contributed by atoms with Gasteiger partial charge in [0.15, 0.2) is 0 Å². The first-order valence-electron chi connectivity index (χ1n) is 7.83. The number of rotatable bonds is 3. The monoisotopic (exact) mass is 322 g/mol. The van der Waals surface area contributed by atoms with Crippen LogP contribution in [-0.4, -0.2) is 52.9 Å². The van der Waals surface area contributed by atoms with Crippen molar-refractivity contribution in [3.05, 3.63) is 16.6 Å². The average molecular weight is 322 g/mol. The average Bonchev–Trinajstić information content (AvgIpc) is 3.14. The fourth-order valence-corrected chi connectivity index (χ4v) is 4.23. The van der Waals surface area contributed by atoms with Crippen LogP contribution in [0.25, 0.3) is 0 Å². The molecule has 120 valence electrons. The lowest BCUT2D eigenvalue weighted by Gasteiger charge is -2.36. The number of hydrogen-bond donors (Lipinski definition) is 1. The molecule has 0 aromatic carbocycles. The molecule has 1 aromatic rings. The first-order valence-corrected chi connectivity index (χ1v) is 8.71. The van der Waals surface area contributed by atoms with Crippen LogP contribution in [0.1, 0.15) is 37.2 Å². The maximum absolute atomic E-state index is 12.7. The van der Waals surface area contributed by atoms with Gasteiger partial charge in [-0.25, -0.2) is 9.78 Å². The number of aromatic nitrogens is 1. The molecule has 3 heterocycles. The summed E-state index contributed by atoms with van der Waals surface area (Å²) in [6.07, 6.45) is 4.35. The van der Waals surface area contributed by atoms with Gasteiger partial charge in [-0.1, -0.05) is 6.92 Å². The van der Waals surface area contributed by atoms with Crippen LogP contribution < -0.4 is 5.32 Å². The van der Waals surface area contributed by atoms with Crippen LogP contribution in [0.2, 0.25) is 0 Å². The minimum Gasteiger partial charge on any atom is -0.343 e. The quantitative estimate of drug-likeness (QED) is 0.924. The van der Waals surface area contributed by atoms with Crippen molar-refractivity contribution in [2.45, 2.75) is 38.3 Å². The number of amides is 3. The molecule has 2 aliphatic heterocycles. The Hall–Kier alpha value is -1.63. The lowest BCUT2D eigenvalue weighted by atomic mass is 9.92. The molecule has 2 fully saturated rings. The van der Waals surface area contributed by atoms with E-state index in [4.69, 9.17) is 0 Å². The largest absolute Gasteiger partial charge is 0.343 e. The summed E-state index contributed by atoms with van der Waals surface area (Å²) >= 11 is 1.56. The van der Waals surface area contributed by atoms with Gasteiger partial charge in [0.25, 0.3) is 0 Å². The minimum absolute atomic E-state index is 0.0139. The van der Waals surface area contributed by atoms with Crippen LogP contribution in [0.4, 0.5) is 4.79 Å². The first-order chi connectivity index (χ1) is 10.6. The van der Waals surface area contributed by atoms with E-state index < -0.39 is 0 Å². The molecule has 22 heavy (non-hydrogen) atoms. The lowest BCUT2D eigenvalue weighted by molar-refractivity contribution is -0.130. The number of piperidine rings is 1. The standard InChI is InChI=1S/C15H22N4O2S/c1-3-11(13-16-6-8-22-13)17-15(21)19-7-4-5-10-12(19)9-18(2)14(10)20/h6,8,10-12H,3-5,7,9H2,1-2H3,(H,17,21)/t10-,11?,12-/m1/s1. The summed E-state index contributed by atoms with van der Waals surface area (Å²) in [5, 5.41) is 5.94. The van der Waals surface area contributed by atoms with E-state index in [1.54, 1.807) is 22.4 Å². The molecule has 0 saturated carbocycles. The second-order valence-electron chi connectivity index (χ2n) is 6.01. The molecule has 1 N–H and O–H groups in total. The van der Waals surface area contributed by atoms with Gasteiger partial charge in [0.05, 0.1) is 18.0 Å². The van der Waals surface area contributed by atoms with Crippen molar-refractivity contribution >= 4 is 23.3 Å². The molecule has 0 radical (unpaired) electrons. The number of nitrogens with one attached hydrogen (secondary N) is 1. The molecule has 3 atom stereocenters. The number of likely N-dealkylation sites (tertiary alicyclic amines) is 2. The Kier molecular flexibility index (Phi) is 4.33. The predicted octanol–water partition coefficient (Wildman–Crippen LogP) is 1.86. The molecule has 2 saturated heterocycles. The normalized spacial score (nSPS) is 26.0. The Morgan fingerprint density at radius 1 is 1.59 bits per heavy atom. The minimum atomic E-state index is -0.0696.